The van der Waals surface area contributed by atoms with Gasteiger partial charge in [-0.05, 0) is 44.0 Å². The second kappa shape index (κ2) is 5.61. The molecule has 6 heteroatoms. The van der Waals surface area contributed by atoms with E-state index in [1.807, 2.05) is 12.1 Å². The second-order valence-corrected chi connectivity index (χ2v) is 7.61. The molecular weight excluding hydrogens is 286 g/mol. The van der Waals surface area contributed by atoms with E-state index in [2.05, 4.69) is 15.0 Å². The summed E-state index contributed by atoms with van der Waals surface area (Å²) in [4.78, 5) is 4.24. The lowest BCUT2D eigenvalue weighted by Crippen LogP contribution is -2.35. The Morgan fingerprint density at radius 1 is 1.29 bits per heavy atom. The van der Waals surface area contributed by atoms with Crippen LogP contribution in [-0.4, -0.2) is 31.2 Å². The number of hydrogen-bond acceptors (Lipinski definition) is 4. The Hall–Kier alpha value is -1.66. The zero-order valence-electron chi connectivity index (χ0n) is 11.9. The highest BCUT2D eigenvalue weighted by Crippen LogP contribution is 2.23. The number of sulfonamides is 1. The van der Waals surface area contributed by atoms with E-state index < -0.39 is 15.3 Å². The van der Waals surface area contributed by atoms with Crippen molar-refractivity contribution >= 4 is 26.6 Å². The van der Waals surface area contributed by atoms with Crippen LogP contribution in [0.2, 0.25) is 0 Å². The Bertz CT molecular complexity index is 736. The van der Waals surface area contributed by atoms with Crippen LogP contribution in [0.4, 0.5) is 5.69 Å². The minimum Gasteiger partial charge on any atom is -0.313 e. The molecule has 1 fully saturated rings. The van der Waals surface area contributed by atoms with Gasteiger partial charge < -0.3 is 5.32 Å². The van der Waals surface area contributed by atoms with Crippen LogP contribution < -0.4 is 10.0 Å². The van der Waals surface area contributed by atoms with Gasteiger partial charge in [0.15, 0.2) is 0 Å². The Morgan fingerprint density at radius 2 is 2.10 bits per heavy atom. The van der Waals surface area contributed by atoms with Crippen molar-refractivity contribution in [1.29, 1.82) is 0 Å². The minimum absolute atomic E-state index is 0.475. The second-order valence-electron chi connectivity index (χ2n) is 5.52. The first-order valence-electron chi connectivity index (χ1n) is 7.15. The van der Waals surface area contributed by atoms with Crippen molar-refractivity contribution in [2.24, 2.45) is 0 Å². The van der Waals surface area contributed by atoms with E-state index in [0.717, 1.165) is 23.7 Å². The van der Waals surface area contributed by atoms with E-state index in [9.17, 15) is 8.42 Å². The van der Waals surface area contributed by atoms with Crippen molar-refractivity contribution in [2.45, 2.75) is 31.1 Å². The number of hydrogen-bond donors (Lipinski definition) is 2. The van der Waals surface area contributed by atoms with Gasteiger partial charge in [-0.2, -0.15) is 0 Å². The summed E-state index contributed by atoms with van der Waals surface area (Å²) in [5, 5.41) is 3.58. The molecule has 0 spiro atoms. The first-order valence-corrected chi connectivity index (χ1v) is 8.69. The quantitative estimate of drug-likeness (QED) is 0.857. The van der Waals surface area contributed by atoms with Gasteiger partial charge in [0.1, 0.15) is 0 Å². The Kier molecular flexibility index (Phi) is 3.82. The van der Waals surface area contributed by atoms with Crippen molar-refractivity contribution in [1.82, 2.24) is 10.3 Å². The standard InChI is InChI=1S/C15H19N3O2S/c1-11(10-17-12-7-8-12)21(19,20)18-15-6-2-5-14-13(15)4-3-9-16-14/h2-6,9,11-12,17-18H,7-8,10H2,1H3. The fraction of sp³-hybridized carbons (Fsp3) is 0.400. The molecule has 2 N–H and O–H groups in total. The van der Waals surface area contributed by atoms with Gasteiger partial charge in [-0.1, -0.05) is 6.07 Å². The number of aromatic nitrogens is 1. The van der Waals surface area contributed by atoms with Gasteiger partial charge >= 0.3 is 0 Å². The summed E-state index contributed by atoms with van der Waals surface area (Å²) in [5.74, 6) is 0. The third-order valence-electron chi connectivity index (χ3n) is 3.70. The van der Waals surface area contributed by atoms with Crippen molar-refractivity contribution in [3.63, 3.8) is 0 Å². The fourth-order valence-corrected chi connectivity index (χ4v) is 3.18. The summed E-state index contributed by atoms with van der Waals surface area (Å²) in [7, 11) is -3.41. The summed E-state index contributed by atoms with van der Waals surface area (Å²) in [6.07, 6.45) is 3.99. The van der Waals surface area contributed by atoms with Crippen LogP contribution in [0.15, 0.2) is 36.5 Å². The largest absolute Gasteiger partial charge is 0.313 e. The smallest absolute Gasteiger partial charge is 0.236 e. The van der Waals surface area contributed by atoms with Gasteiger partial charge in [0.2, 0.25) is 10.0 Å². The number of pyridine rings is 1. The van der Waals surface area contributed by atoms with Gasteiger partial charge in [0.05, 0.1) is 16.5 Å². The van der Waals surface area contributed by atoms with Crippen molar-refractivity contribution in [3.05, 3.63) is 36.5 Å². The van der Waals surface area contributed by atoms with Gasteiger partial charge in [-0.15, -0.1) is 0 Å². The van der Waals surface area contributed by atoms with Crippen LogP contribution in [0, 0.1) is 0 Å². The normalized spacial score (nSPS) is 16.8. The maximum Gasteiger partial charge on any atom is 0.236 e. The van der Waals surface area contributed by atoms with Crippen molar-refractivity contribution < 1.29 is 8.42 Å². The SMILES string of the molecule is CC(CNC1CC1)S(=O)(=O)Nc1cccc2ncccc12. The van der Waals surface area contributed by atoms with Crippen molar-refractivity contribution in [2.75, 3.05) is 11.3 Å². The summed E-state index contributed by atoms with van der Waals surface area (Å²) in [5.41, 5.74) is 1.36. The molecule has 5 nitrogen and oxygen atoms in total. The predicted octanol–water partition coefficient (Wildman–Crippen LogP) is 2.12. The van der Waals surface area contributed by atoms with Crippen molar-refractivity contribution in [3.8, 4) is 0 Å². The molecule has 1 atom stereocenters. The number of rotatable bonds is 6. The molecule has 0 saturated heterocycles. The molecule has 112 valence electrons. The Morgan fingerprint density at radius 3 is 2.86 bits per heavy atom. The van der Waals surface area contributed by atoms with Crippen LogP contribution in [0.1, 0.15) is 19.8 Å². The van der Waals surface area contributed by atoms with Crippen LogP contribution >= 0.6 is 0 Å². The molecule has 1 aromatic heterocycles. The van der Waals surface area contributed by atoms with Gasteiger partial charge in [-0.3, -0.25) is 9.71 Å². The zero-order chi connectivity index (χ0) is 14.9. The number of fused-ring (bicyclic) bond motifs is 1. The molecule has 1 heterocycles. The number of anilines is 1. The Labute approximate surface area is 124 Å². The van der Waals surface area contributed by atoms with E-state index in [1.54, 1.807) is 31.3 Å². The molecule has 0 aliphatic heterocycles. The molecule has 0 bridgehead atoms. The monoisotopic (exact) mass is 305 g/mol. The summed E-state index contributed by atoms with van der Waals surface area (Å²) >= 11 is 0. The lowest BCUT2D eigenvalue weighted by Gasteiger charge is -2.16. The van der Waals surface area contributed by atoms with E-state index in [0.29, 0.717) is 18.3 Å². The third-order valence-corrected chi connectivity index (χ3v) is 5.43. The number of benzene rings is 1. The van der Waals surface area contributed by atoms with Crippen LogP contribution in [0.5, 0.6) is 0 Å². The molecule has 1 saturated carbocycles. The zero-order valence-corrected chi connectivity index (χ0v) is 12.7. The van der Waals surface area contributed by atoms with Gasteiger partial charge in [0.25, 0.3) is 0 Å². The van der Waals surface area contributed by atoms with Gasteiger partial charge in [0, 0.05) is 24.2 Å². The minimum atomic E-state index is -3.41. The maximum absolute atomic E-state index is 12.4. The molecule has 1 unspecified atom stereocenters. The molecule has 0 radical (unpaired) electrons. The maximum atomic E-state index is 12.4. The highest BCUT2D eigenvalue weighted by atomic mass is 32.2. The molecule has 1 aliphatic carbocycles. The highest BCUT2D eigenvalue weighted by molar-refractivity contribution is 7.93. The van der Waals surface area contributed by atoms with E-state index in [4.69, 9.17) is 0 Å². The highest BCUT2D eigenvalue weighted by Gasteiger charge is 2.26. The lowest BCUT2D eigenvalue weighted by atomic mass is 10.2. The Balaban J connectivity index is 1.79. The van der Waals surface area contributed by atoms with Gasteiger partial charge in [-0.25, -0.2) is 8.42 Å². The van der Waals surface area contributed by atoms with Crippen LogP contribution in [0.3, 0.4) is 0 Å². The molecular formula is C15H19N3O2S. The first-order chi connectivity index (χ1) is 10.1. The molecule has 1 aromatic carbocycles. The summed E-state index contributed by atoms with van der Waals surface area (Å²) in [6.45, 7) is 2.20. The molecule has 1 aliphatic rings. The third kappa shape index (κ3) is 3.33. The molecule has 2 aromatic rings. The molecule has 0 amide bonds. The average molecular weight is 305 g/mol. The van der Waals surface area contributed by atoms with E-state index in [1.165, 1.54) is 0 Å². The first kappa shape index (κ1) is 14.3. The number of nitrogens with zero attached hydrogens (tertiary/aromatic N) is 1. The van der Waals surface area contributed by atoms with Crippen LogP contribution in [-0.2, 0) is 10.0 Å². The van der Waals surface area contributed by atoms with E-state index >= 15 is 0 Å². The number of nitrogens with one attached hydrogen (secondary N) is 2. The fourth-order valence-electron chi connectivity index (χ4n) is 2.18. The topological polar surface area (TPSA) is 71.1 Å². The lowest BCUT2D eigenvalue weighted by molar-refractivity contribution is 0.576. The average Bonchev–Trinajstić information content (AvgIpc) is 3.29. The van der Waals surface area contributed by atoms with Crippen LogP contribution in [0.25, 0.3) is 10.9 Å². The summed E-state index contributed by atoms with van der Waals surface area (Å²) < 4.78 is 27.5. The molecule has 3 rings (SSSR count). The van der Waals surface area contributed by atoms with E-state index in [-0.39, 0.29) is 0 Å². The summed E-state index contributed by atoms with van der Waals surface area (Å²) in [6, 6.07) is 9.61. The molecule has 21 heavy (non-hydrogen) atoms. The predicted molar refractivity (Wildman–Crippen MR) is 84.8 cm³/mol.